The highest BCUT2D eigenvalue weighted by atomic mass is 19.4. The van der Waals surface area contributed by atoms with Gasteiger partial charge in [0.1, 0.15) is 0 Å². The summed E-state index contributed by atoms with van der Waals surface area (Å²) in [5, 5.41) is 0. The minimum absolute atomic E-state index is 0.417. The Morgan fingerprint density at radius 3 is 1.92 bits per heavy atom. The van der Waals surface area contributed by atoms with Gasteiger partial charge in [-0.15, -0.1) is 0 Å². The molecule has 0 aromatic heterocycles. The van der Waals surface area contributed by atoms with Gasteiger partial charge in [0.2, 0.25) is 0 Å². The highest BCUT2D eigenvalue weighted by Crippen LogP contribution is 2.24. The molecule has 0 aliphatic rings. The lowest BCUT2D eigenvalue weighted by atomic mass is 10.2. The molecule has 0 N–H and O–H groups in total. The van der Waals surface area contributed by atoms with Crippen LogP contribution in [0, 0.1) is 0 Å². The molecular formula is C9H9F3. The van der Waals surface area contributed by atoms with Gasteiger partial charge < -0.3 is 0 Å². The molecule has 0 aliphatic carbocycles. The molecule has 0 nitrogen and oxygen atoms in total. The summed E-state index contributed by atoms with van der Waals surface area (Å²) >= 11 is 0. The molecule has 12 heavy (non-hydrogen) atoms. The maximum absolute atomic E-state index is 11.8. The van der Waals surface area contributed by atoms with Crippen molar-refractivity contribution in [3.05, 3.63) is 49.1 Å². The number of hydrogen-bond donors (Lipinski definition) is 0. The van der Waals surface area contributed by atoms with Crippen LogP contribution in [0.1, 0.15) is 0 Å². The maximum Gasteiger partial charge on any atom is 0.415 e. The van der Waals surface area contributed by atoms with E-state index in [0.29, 0.717) is 5.57 Å². The number of halogens is 3. The predicted molar refractivity (Wildman–Crippen MR) is 43.7 cm³/mol. The second kappa shape index (κ2) is 3.95. The Bertz CT molecular complexity index is 231. The van der Waals surface area contributed by atoms with E-state index in [-0.39, 0.29) is 0 Å². The summed E-state index contributed by atoms with van der Waals surface area (Å²) < 4.78 is 35.4. The summed E-state index contributed by atoms with van der Waals surface area (Å²) in [7, 11) is 0. The van der Waals surface area contributed by atoms with Crippen molar-refractivity contribution < 1.29 is 13.2 Å². The SMILES string of the molecule is C=CC(=C)/C=C\C(=C)C(F)(F)F. The molecule has 0 atom stereocenters. The van der Waals surface area contributed by atoms with Crippen molar-refractivity contribution in [2.75, 3.05) is 0 Å². The fraction of sp³-hybridized carbons (Fsp3) is 0.111. The van der Waals surface area contributed by atoms with E-state index in [0.717, 1.165) is 6.08 Å². The van der Waals surface area contributed by atoms with Gasteiger partial charge in [-0.25, -0.2) is 0 Å². The third-order valence-electron chi connectivity index (χ3n) is 1.12. The average Bonchev–Trinajstić information content (AvgIpc) is 1.97. The van der Waals surface area contributed by atoms with E-state index in [9.17, 15) is 13.2 Å². The Hall–Kier alpha value is -1.25. The van der Waals surface area contributed by atoms with Gasteiger partial charge >= 0.3 is 6.18 Å². The lowest BCUT2D eigenvalue weighted by Gasteiger charge is -2.04. The molecule has 0 rings (SSSR count). The summed E-state index contributed by atoms with van der Waals surface area (Å²) in [5.74, 6) is 0. The van der Waals surface area contributed by atoms with E-state index in [4.69, 9.17) is 0 Å². The Balaban J connectivity index is 4.28. The summed E-state index contributed by atoms with van der Waals surface area (Å²) in [5.41, 5.74) is -0.481. The minimum atomic E-state index is -4.36. The van der Waals surface area contributed by atoms with Gasteiger partial charge in [0.15, 0.2) is 0 Å². The molecular weight excluding hydrogens is 165 g/mol. The molecule has 0 bridgehead atoms. The van der Waals surface area contributed by atoms with Crippen LogP contribution in [0.15, 0.2) is 49.1 Å². The maximum atomic E-state index is 11.8. The van der Waals surface area contributed by atoms with E-state index in [1.807, 2.05) is 0 Å². The first kappa shape index (κ1) is 10.8. The molecule has 0 aliphatic heterocycles. The standard InChI is InChI=1S/C9H9F3/c1-4-7(2)5-6-8(3)9(10,11)12/h4-6H,1-3H2/b6-5-. The van der Waals surface area contributed by atoms with Crippen LogP contribution in [-0.4, -0.2) is 6.18 Å². The van der Waals surface area contributed by atoms with Crippen LogP contribution in [0.25, 0.3) is 0 Å². The smallest absolute Gasteiger partial charge is 0.166 e. The second-order valence-electron chi connectivity index (χ2n) is 2.14. The topological polar surface area (TPSA) is 0 Å². The van der Waals surface area contributed by atoms with Crippen molar-refractivity contribution in [1.82, 2.24) is 0 Å². The first-order valence-corrected chi connectivity index (χ1v) is 3.13. The molecule has 0 radical (unpaired) electrons. The molecule has 3 heteroatoms. The summed E-state index contributed by atoms with van der Waals surface area (Å²) in [6.07, 6.45) is -0.926. The molecule has 0 fully saturated rings. The minimum Gasteiger partial charge on any atom is -0.166 e. The van der Waals surface area contributed by atoms with Crippen molar-refractivity contribution in [1.29, 1.82) is 0 Å². The van der Waals surface area contributed by atoms with Crippen LogP contribution < -0.4 is 0 Å². The Morgan fingerprint density at radius 2 is 1.58 bits per heavy atom. The van der Waals surface area contributed by atoms with E-state index in [1.165, 1.54) is 12.2 Å². The van der Waals surface area contributed by atoms with Gasteiger partial charge in [-0.3, -0.25) is 0 Å². The van der Waals surface area contributed by atoms with E-state index >= 15 is 0 Å². The van der Waals surface area contributed by atoms with Gasteiger partial charge in [0, 0.05) is 5.57 Å². The van der Waals surface area contributed by atoms with E-state index < -0.39 is 11.7 Å². The Kier molecular flexibility index (Phi) is 3.54. The third kappa shape index (κ3) is 3.81. The van der Waals surface area contributed by atoms with Crippen molar-refractivity contribution in [3.8, 4) is 0 Å². The van der Waals surface area contributed by atoms with Gasteiger partial charge in [-0.05, 0) is 5.57 Å². The number of hydrogen-bond acceptors (Lipinski definition) is 0. The fourth-order valence-corrected chi connectivity index (χ4v) is 0.370. The molecule has 0 amide bonds. The van der Waals surface area contributed by atoms with E-state index in [1.54, 1.807) is 0 Å². The Labute approximate surface area is 69.4 Å². The largest absolute Gasteiger partial charge is 0.415 e. The van der Waals surface area contributed by atoms with Crippen LogP contribution in [-0.2, 0) is 0 Å². The fourth-order valence-electron chi connectivity index (χ4n) is 0.370. The zero-order chi connectivity index (χ0) is 9.78. The van der Waals surface area contributed by atoms with Crippen LogP contribution in [0.4, 0.5) is 13.2 Å². The number of alkyl halides is 3. The predicted octanol–water partition coefficient (Wildman–Crippen LogP) is 3.40. The summed E-state index contributed by atoms with van der Waals surface area (Å²) in [6, 6.07) is 0. The second-order valence-corrected chi connectivity index (χ2v) is 2.14. The first-order chi connectivity index (χ1) is 5.38. The number of allylic oxidation sites excluding steroid dienone is 5. The average molecular weight is 174 g/mol. The van der Waals surface area contributed by atoms with Crippen molar-refractivity contribution >= 4 is 0 Å². The molecule has 0 heterocycles. The quantitative estimate of drug-likeness (QED) is 0.575. The van der Waals surface area contributed by atoms with Crippen molar-refractivity contribution in [3.63, 3.8) is 0 Å². The summed E-state index contributed by atoms with van der Waals surface area (Å²) in [6.45, 7) is 9.60. The van der Waals surface area contributed by atoms with Gasteiger partial charge in [0.25, 0.3) is 0 Å². The summed E-state index contributed by atoms with van der Waals surface area (Å²) in [4.78, 5) is 0. The normalized spacial score (nSPS) is 11.6. The molecule has 66 valence electrons. The molecule has 0 aromatic rings. The first-order valence-electron chi connectivity index (χ1n) is 3.13. The zero-order valence-electron chi connectivity index (χ0n) is 6.49. The zero-order valence-corrected chi connectivity index (χ0v) is 6.49. The lowest BCUT2D eigenvalue weighted by molar-refractivity contribution is -0.0878. The molecule has 0 saturated heterocycles. The number of rotatable bonds is 3. The van der Waals surface area contributed by atoms with E-state index in [2.05, 4.69) is 19.7 Å². The molecule has 0 spiro atoms. The lowest BCUT2D eigenvalue weighted by Crippen LogP contribution is -2.08. The van der Waals surface area contributed by atoms with Crippen LogP contribution in [0.2, 0.25) is 0 Å². The molecule has 0 aromatic carbocycles. The molecule has 0 saturated carbocycles. The van der Waals surface area contributed by atoms with Gasteiger partial charge in [-0.2, -0.15) is 13.2 Å². The van der Waals surface area contributed by atoms with Gasteiger partial charge in [-0.1, -0.05) is 38.0 Å². The van der Waals surface area contributed by atoms with Crippen LogP contribution in [0.3, 0.4) is 0 Å². The van der Waals surface area contributed by atoms with Crippen molar-refractivity contribution in [2.45, 2.75) is 6.18 Å². The van der Waals surface area contributed by atoms with Crippen LogP contribution in [0.5, 0.6) is 0 Å². The monoisotopic (exact) mass is 174 g/mol. The highest BCUT2D eigenvalue weighted by Gasteiger charge is 2.29. The molecule has 0 unspecified atom stereocenters. The third-order valence-corrected chi connectivity index (χ3v) is 1.12. The van der Waals surface area contributed by atoms with Gasteiger partial charge in [0.05, 0.1) is 0 Å². The van der Waals surface area contributed by atoms with Crippen molar-refractivity contribution in [2.24, 2.45) is 0 Å². The van der Waals surface area contributed by atoms with Crippen LogP contribution >= 0.6 is 0 Å². The highest BCUT2D eigenvalue weighted by molar-refractivity contribution is 5.32. The Morgan fingerprint density at radius 1 is 1.08 bits per heavy atom.